The van der Waals surface area contributed by atoms with Crippen LogP contribution in [0.25, 0.3) is 0 Å². The minimum absolute atomic E-state index is 0.560. The van der Waals surface area contributed by atoms with Gasteiger partial charge in [-0.1, -0.05) is 23.7 Å². The molecule has 13 heavy (non-hydrogen) atoms. The fourth-order valence-electron chi connectivity index (χ4n) is 1.17. The number of rotatable bonds is 1. The highest BCUT2D eigenvalue weighted by molar-refractivity contribution is 6.30. The van der Waals surface area contributed by atoms with Crippen LogP contribution in [0.4, 0.5) is 0 Å². The van der Waals surface area contributed by atoms with Gasteiger partial charge in [0.15, 0.2) is 0 Å². The van der Waals surface area contributed by atoms with Gasteiger partial charge in [0.05, 0.1) is 12.1 Å². The summed E-state index contributed by atoms with van der Waals surface area (Å²) in [5, 5.41) is 8.44. The Labute approximate surface area is 80.9 Å². The number of nitrogens with zero attached hydrogens (tertiary/aromatic N) is 2. The maximum Gasteiger partial charge on any atom is 0.128 e. The number of benzene rings is 1. The van der Waals surface area contributed by atoms with Crippen LogP contribution in [0.2, 0.25) is 5.02 Å². The van der Waals surface area contributed by atoms with Crippen molar-refractivity contribution in [3.63, 3.8) is 0 Å². The van der Waals surface area contributed by atoms with Gasteiger partial charge < -0.3 is 5.73 Å². The van der Waals surface area contributed by atoms with Crippen molar-refractivity contribution in [2.75, 3.05) is 0 Å². The van der Waals surface area contributed by atoms with Crippen LogP contribution in [-0.4, -0.2) is 11.5 Å². The molecule has 2 rings (SSSR count). The third-order valence-electron chi connectivity index (χ3n) is 1.83. The van der Waals surface area contributed by atoms with E-state index >= 15 is 0 Å². The van der Waals surface area contributed by atoms with E-state index < -0.39 is 0 Å². The van der Waals surface area contributed by atoms with E-state index in [-0.39, 0.29) is 0 Å². The SMILES string of the molecule is NC1=NN=C(c2ccc(Cl)cc2)C1. The van der Waals surface area contributed by atoms with Gasteiger partial charge in [0, 0.05) is 5.02 Å². The molecule has 0 saturated heterocycles. The predicted octanol–water partition coefficient (Wildman–Crippen LogP) is 1.80. The van der Waals surface area contributed by atoms with E-state index in [1.807, 2.05) is 24.3 Å². The molecule has 2 N–H and O–H groups in total. The molecule has 0 amide bonds. The Hall–Kier alpha value is -1.35. The summed E-state index contributed by atoms with van der Waals surface area (Å²) in [6.07, 6.45) is 0.627. The lowest BCUT2D eigenvalue weighted by Crippen LogP contribution is -2.12. The lowest BCUT2D eigenvalue weighted by molar-refractivity contribution is 1.26. The maximum atomic E-state index is 5.75. The summed E-state index contributed by atoms with van der Waals surface area (Å²) in [6.45, 7) is 0. The monoisotopic (exact) mass is 193 g/mol. The average Bonchev–Trinajstić information content (AvgIpc) is 2.53. The topological polar surface area (TPSA) is 50.7 Å². The lowest BCUT2D eigenvalue weighted by Gasteiger charge is -1.98. The number of hydrogen-bond donors (Lipinski definition) is 1. The van der Waals surface area contributed by atoms with Crippen LogP contribution in [0.1, 0.15) is 12.0 Å². The molecular weight excluding hydrogens is 186 g/mol. The molecule has 1 aromatic carbocycles. The van der Waals surface area contributed by atoms with Crippen molar-refractivity contribution < 1.29 is 0 Å². The average molecular weight is 194 g/mol. The Morgan fingerprint density at radius 3 is 2.38 bits per heavy atom. The summed E-state index contributed by atoms with van der Waals surface area (Å²) < 4.78 is 0. The fraction of sp³-hybridized carbons (Fsp3) is 0.111. The summed E-state index contributed by atoms with van der Waals surface area (Å²) in [5.74, 6) is 0.560. The smallest absolute Gasteiger partial charge is 0.128 e. The molecule has 0 radical (unpaired) electrons. The van der Waals surface area contributed by atoms with E-state index in [0.29, 0.717) is 12.3 Å². The van der Waals surface area contributed by atoms with E-state index in [4.69, 9.17) is 17.3 Å². The molecule has 1 heterocycles. The molecule has 0 unspecified atom stereocenters. The molecular formula is C9H8ClN3. The molecule has 0 bridgehead atoms. The van der Waals surface area contributed by atoms with Crippen LogP contribution in [0, 0.1) is 0 Å². The van der Waals surface area contributed by atoms with Gasteiger partial charge in [-0.05, 0) is 17.7 Å². The highest BCUT2D eigenvalue weighted by Gasteiger charge is 2.10. The van der Waals surface area contributed by atoms with Crippen molar-refractivity contribution in [1.82, 2.24) is 0 Å². The van der Waals surface area contributed by atoms with Gasteiger partial charge >= 0.3 is 0 Å². The summed E-state index contributed by atoms with van der Waals surface area (Å²) in [4.78, 5) is 0. The first-order valence-electron chi connectivity index (χ1n) is 3.90. The Bertz CT molecular complexity index is 378. The van der Waals surface area contributed by atoms with Gasteiger partial charge in [0.25, 0.3) is 0 Å². The second kappa shape index (κ2) is 3.18. The molecule has 3 nitrogen and oxygen atoms in total. The first-order chi connectivity index (χ1) is 6.25. The summed E-state index contributed by atoms with van der Waals surface area (Å²) in [7, 11) is 0. The van der Waals surface area contributed by atoms with E-state index in [0.717, 1.165) is 16.3 Å². The standard InChI is InChI=1S/C9H8ClN3/c10-7-3-1-6(2-4-7)8-5-9(11)13-12-8/h1-4H,5H2,(H2,11,13). The van der Waals surface area contributed by atoms with Crippen molar-refractivity contribution in [3.8, 4) is 0 Å². The lowest BCUT2D eigenvalue weighted by atomic mass is 10.1. The molecule has 66 valence electrons. The van der Waals surface area contributed by atoms with Crippen molar-refractivity contribution in [1.29, 1.82) is 0 Å². The van der Waals surface area contributed by atoms with Gasteiger partial charge in [-0.3, -0.25) is 0 Å². The second-order valence-corrected chi connectivity index (χ2v) is 3.26. The third-order valence-corrected chi connectivity index (χ3v) is 2.08. The van der Waals surface area contributed by atoms with E-state index in [1.54, 1.807) is 0 Å². The number of halogens is 1. The minimum atomic E-state index is 0.560. The molecule has 4 heteroatoms. The van der Waals surface area contributed by atoms with E-state index in [9.17, 15) is 0 Å². The zero-order valence-electron chi connectivity index (χ0n) is 6.87. The van der Waals surface area contributed by atoms with Crippen LogP contribution < -0.4 is 5.73 Å². The first kappa shape index (κ1) is 8.26. The Morgan fingerprint density at radius 2 is 1.85 bits per heavy atom. The number of amidine groups is 1. The molecule has 0 aliphatic carbocycles. The maximum absolute atomic E-state index is 5.75. The van der Waals surface area contributed by atoms with Crippen molar-refractivity contribution in [3.05, 3.63) is 34.9 Å². The summed E-state index contributed by atoms with van der Waals surface area (Å²) in [5.41, 5.74) is 7.42. The highest BCUT2D eigenvalue weighted by Crippen LogP contribution is 2.13. The van der Waals surface area contributed by atoms with E-state index in [2.05, 4.69) is 10.2 Å². The third kappa shape index (κ3) is 1.70. The van der Waals surface area contributed by atoms with Crippen molar-refractivity contribution in [2.24, 2.45) is 15.9 Å². The largest absolute Gasteiger partial charge is 0.385 e. The van der Waals surface area contributed by atoms with Crippen molar-refractivity contribution >= 4 is 23.1 Å². The molecule has 0 saturated carbocycles. The normalized spacial score (nSPS) is 15.5. The van der Waals surface area contributed by atoms with Crippen LogP contribution in [-0.2, 0) is 0 Å². The Kier molecular flexibility index (Phi) is 2.02. The predicted molar refractivity (Wildman–Crippen MR) is 54.2 cm³/mol. The summed E-state index contributed by atoms with van der Waals surface area (Å²) >= 11 is 5.75. The number of hydrogen-bond acceptors (Lipinski definition) is 3. The zero-order valence-corrected chi connectivity index (χ0v) is 7.62. The van der Waals surface area contributed by atoms with E-state index in [1.165, 1.54) is 0 Å². The van der Waals surface area contributed by atoms with Crippen LogP contribution in [0.15, 0.2) is 34.5 Å². The van der Waals surface area contributed by atoms with Crippen LogP contribution in [0.3, 0.4) is 0 Å². The molecule has 1 aromatic rings. The molecule has 0 fully saturated rings. The first-order valence-corrected chi connectivity index (χ1v) is 4.28. The molecule has 0 atom stereocenters. The number of nitrogens with two attached hydrogens (primary N) is 1. The van der Waals surface area contributed by atoms with Gasteiger partial charge in [-0.2, -0.15) is 5.10 Å². The zero-order chi connectivity index (χ0) is 9.26. The quantitative estimate of drug-likeness (QED) is 0.727. The van der Waals surface area contributed by atoms with Crippen molar-refractivity contribution in [2.45, 2.75) is 6.42 Å². The molecule has 0 spiro atoms. The van der Waals surface area contributed by atoms with Gasteiger partial charge in [0.2, 0.25) is 0 Å². The Balaban J connectivity index is 2.24. The van der Waals surface area contributed by atoms with Gasteiger partial charge in [0.1, 0.15) is 5.84 Å². The molecule has 1 aliphatic heterocycles. The Morgan fingerprint density at radius 1 is 1.15 bits per heavy atom. The van der Waals surface area contributed by atoms with Crippen LogP contribution in [0.5, 0.6) is 0 Å². The fourth-order valence-corrected chi connectivity index (χ4v) is 1.29. The molecule has 0 aromatic heterocycles. The van der Waals surface area contributed by atoms with Crippen LogP contribution >= 0.6 is 11.6 Å². The van der Waals surface area contributed by atoms with Gasteiger partial charge in [-0.25, -0.2) is 0 Å². The summed E-state index contributed by atoms with van der Waals surface area (Å²) in [6, 6.07) is 7.48. The highest BCUT2D eigenvalue weighted by atomic mass is 35.5. The van der Waals surface area contributed by atoms with Gasteiger partial charge in [-0.15, -0.1) is 5.10 Å². The molecule has 1 aliphatic rings. The second-order valence-electron chi connectivity index (χ2n) is 2.82. The minimum Gasteiger partial charge on any atom is -0.385 e.